The van der Waals surface area contributed by atoms with Gasteiger partial charge in [0.2, 0.25) is 0 Å². The molecule has 5 nitrogen and oxygen atoms in total. The summed E-state index contributed by atoms with van der Waals surface area (Å²) in [5.41, 5.74) is 2.36. The number of rotatable bonds is 6. The topological polar surface area (TPSA) is 59.9 Å². The fourth-order valence-electron chi connectivity index (χ4n) is 3.00. The van der Waals surface area contributed by atoms with Gasteiger partial charge in [-0.15, -0.1) is 0 Å². The minimum absolute atomic E-state index is 0.206. The van der Waals surface area contributed by atoms with E-state index in [1.165, 1.54) is 11.8 Å². The van der Waals surface area contributed by atoms with E-state index in [0.29, 0.717) is 25.9 Å². The van der Waals surface area contributed by atoms with Crippen LogP contribution in [-0.4, -0.2) is 18.2 Å². The van der Waals surface area contributed by atoms with E-state index in [1.807, 2.05) is 42.5 Å². The molecular weight excluding hydrogens is 627 g/mol. The van der Waals surface area contributed by atoms with Crippen LogP contribution in [0.3, 0.4) is 0 Å². The zero-order chi connectivity index (χ0) is 24.2. The van der Waals surface area contributed by atoms with Gasteiger partial charge in [0.1, 0.15) is 18.1 Å². The number of amides is 1. The summed E-state index contributed by atoms with van der Waals surface area (Å²) in [6.45, 7) is 0.275. The molecular formula is C24H16Br2Cl2N2O3S. The van der Waals surface area contributed by atoms with E-state index in [4.69, 9.17) is 32.7 Å². The molecule has 4 rings (SSSR count). The van der Waals surface area contributed by atoms with Gasteiger partial charge in [0.25, 0.3) is 5.91 Å². The van der Waals surface area contributed by atoms with Gasteiger partial charge in [-0.05, 0) is 104 Å². The van der Waals surface area contributed by atoms with E-state index in [9.17, 15) is 4.79 Å². The maximum Gasteiger partial charge on any atom is 0.264 e. The van der Waals surface area contributed by atoms with Gasteiger partial charge in [-0.2, -0.15) is 0 Å². The van der Waals surface area contributed by atoms with Crippen molar-refractivity contribution in [2.45, 2.75) is 6.61 Å². The number of thioether (sulfide) groups is 1. The quantitative estimate of drug-likeness (QED) is 0.277. The number of ether oxygens (including phenoxy) is 2. The highest BCUT2D eigenvalue weighted by molar-refractivity contribution is 9.11. The van der Waals surface area contributed by atoms with Crippen LogP contribution in [0.4, 0.5) is 5.69 Å². The van der Waals surface area contributed by atoms with Crippen LogP contribution in [0.15, 0.2) is 73.4 Å². The molecule has 1 fully saturated rings. The number of nitrogens with one attached hydrogen (secondary N) is 1. The van der Waals surface area contributed by atoms with Crippen LogP contribution in [0.2, 0.25) is 10.0 Å². The molecule has 1 aliphatic heterocycles. The number of halogens is 4. The smallest absolute Gasteiger partial charge is 0.264 e. The number of hydrogen-bond donors (Lipinski definition) is 1. The van der Waals surface area contributed by atoms with Crippen LogP contribution < -0.4 is 14.8 Å². The van der Waals surface area contributed by atoms with E-state index in [-0.39, 0.29) is 12.5 Å². The van der Waals surface area contributed by atoms with E-state index in [1.54, 1.807) is 25.3 Å². The summed E-state index contributed by atoms with van der Waals surface area (Å²) in [5, 5.41) is 4.42. The average molecular weight is 643 g/mol. The summed E-state index contributed by atoms with van der Waals surface area (Å²) >= 11 is 20.6. The predicted molar refractivity (Wildman–Crippen MR) is 146 cm³/mol. The molecule has 1 aliphatic rings. The monoisotopic (exact) mass is 640 g/mol. The molecule has 34 heavy (non-hydrogen) atoms. The zero-order valence-corrected chi connectivity index (χ0v) is 23.1. The van der Waals surface area contributed by atoms with Crippen molar-refractivity contribution in [2.24, 2.45) is 4.99 Å². The lowest BCUT2D eigenvalue weighted by Crippen LogP contribution is -2.19. The third-order valence-electron chi connectivity index (χ3n) is 4.66. The molecule has 0 spiro atoms. The first-order valence-electron chi connectivity index (χ1n) is 9.82. The third kappa shape index (κ3) is 6.17. The lowest BCUT2D eigenvalue weighted by molar-refractivity contribution is -0.115. The Labute approximate surface area is 227 Å². The molecule has 0 unspecified atom stereocenters. The SMILES string of the molecule is COc1ccc(N=C2NC(=O)/C(=C\c3cc(Br)c(OCc4ccc(Cl)cc4Cl)c(Br)c3)S2)cc1. The Morgan fingerprint density at radius 3 is 2.41 bits per heavy atom. The van der Waals surface area contributed by atoms with E-state index in [2.05, 4.69) is 42.2 Å². The first kappa shape index (κ1) is 25.1. The molecule has 0 aromatic heterocycles. The molecule has 1 amide bonds. The minimum Gasteiger partial charge on any atom is -0.497 e. The molecule has 174 valence electrons. The maximum absolute atomic E-state index is 12.5. The van der Waals surface area contributed by atoms with Gasteiger partial charge in [-0.3, -0.25) is 4.79 Å². The predicted octanol–water partition coefficient (Wildman–Crippen LogP) is 8.00. The second-order valence-corrected chi connectivity index (χ2v) is 10.6. The first-order valence-corrected chi connectivity index (χ1v) is 13.0. The van der Waals surface area contributed by atoms with Crippen molar-refractivity contribution in [3.05, 3.63) is 89.6 Å². The molecule has 0 saturated carbocycles. The number of hydrogen-bond acceptors (Lipinski definition) is 5. The van der Waals surface area contributed by atoms with E-state index in [0.717, 1.165) is 31.5 Å². The van der Waals surface area contributed by atoms with Crippen molar-refractivity contribution < 1.29 is 14.3 Å². The van der Waals surface area contributed by atoms with E-state index < -0.39 is 0 Å². The molecule has 1 N–H and O–H groups in total. The van der Waals surface area contributed by atoms with Gasteiger partial charge in [-0.1, -0.05) is 29.3 Å². The summed E-state index contributed by atoms with van der Waals surface area (Å²) in [6.07, 6.45) is 1.80. The van der Waals surface area contributed by atoms with Crippen molar-refractivity contribution in [1.82, 2.24) is 5.32 Å². The Bertz CT molecular complexity index is 1290. The molecule has 1 heterocycles. The number of benzene rings is 3. The van der Waals surface area contributed by atoms with Crippen LogP contribution >= 0.6 is 66.8 Å². The molecule has 0 atom stereocenters. The van der Waals surface area contributed by atoms with Gasteiger partial charge in [0.05, 0.1) is 26.6 Å². The molecule has 0 aliphatic carbocycles. The Morgan fingerprint density at radius 2 is 1.76 bits per heavy atom. The Balaban J connectivity index is 1.49. The fourth-order valence-corrected chi connectivity index (χ4v) is 5.75. The van der Waals surface area contributed by atoms with Gasteiger partial charge in [0, 0.05) is 15.6 Å². The second-order valence-electron chi connectivity index (χ2n) is 7.02. The Morgan fingerprint density at radius 1 is 1.06 bits per heavy atom. The molecule has 1 saturated heterocycles. The average Bonchev–Trinajstić information content (AvgIpc) is 3.13. The number of carbonyl (C=O) groups excluding carboxylic acids is 1. The largest absolute Gasteiger partial charge is 0.497 e. The van der Waals surface area contributed by atoms with Gasteiger partial charge < -0.3 is 14.8 Å². The zero-order valence-electron chi connectivity index (χ0n) is 17.6. The molecule has 0 bridgehead atoms. The number of nitrogens with zero attached hydrogens (tertiary/aromatic N) is 1. The van der Waals surface area contributed by atoms with Crippen LogP contribution in [0, 0.1) is 0 Å². The lowest BCUT2D eigenvalue weighted by atomic mass is 10.2. The number of aliphatic imine (C=N–C) groups is 1. The summed E-state index contributed by atoms with van der Waals surface area (Å²) in [5.74, 6) is 1.16. The van der Waals surface area contributed by atoms with Crippen molar-refractivity contribution in [2.75, 3.05) is 7.11 Å². The number of amidine groups is 1. The first-order chi connectivity index (χ1) is 16.3. The highest BCUT2D eigenvalue weighted by Gasteiger charge is 2.24. The van der Waals surface area contributed by atoms with Gasteiger partial charge in [-0.25, -0.2) is 4.99 Å². The molecule has 3 aromatic rings. The lowest BCUT2D eigenvalue weighted by Gasteiger charge is -2.12. The minimum atomic E-state index is -0.206. The maximum atomic E-state index is 12.5. The summed E-state index contributed by atoms with van der Waals surface area (Å²) in [4.78, 5) is 17.5. The van der Waals surface area contributed by atoms with Crippen LogP contribution in [0.5, 0.6) is 11.5 Å². The Kier molecular flexibility index (Phi) is 8.26. The second kappa shape index (κ2) is 11.2. The molecule has 10 heteroatoms. The third-order valence-corrected chi connectivity index (χ3v) is 7.33. The highest BCUT2D eigenvalue weighted by Crippen LogP contribution is 2.37. The van der Waals surface area contributed by atoms with Crippen LogP contribution in [0.25, 0.3) is 6.08 Å². The normalized spacial score (nSPS) is 15.6. The van der Waals surface area contributed by atoms with Crippen LogP contribution in [-0.2, 0) is 11.4 Å². The van der Waals surface area contributed by atoms with Gasteiger partial charge >= 0.3 is 0 Å². The van der Waals surface area contributed by atoms with Crippen LogP contribution in [0.1, 0.15) is 11.1 Å². The van der Waals surface area contributed by atoms with Crippen molar-refractivity contribution in [1.29, 1.82) is 0 Å². The van der Waals surface area contributed by atoms with Crippen molar-refractivity contribution >= 4 is 89.7 Å². The molecule has 3 aromatic carbocycles. The van der Waals surface area contributed by atoms with Gasteiger partial charge in [0.15, 0.2) is 5.17 Å². The molecule has 0 radical (unpaired) electrons. The number of methoxy groups -OCH3 is 1. The summed E-state index contributed by atoms with van der Waals surface area (Å²) in [6, 6.07) is 16.3. The highest BCUT2D eigenvalue weighted by atomic mass is 79.9. The van der Waals surface area contributed by atoms with Crippen molar-refractivity contribution in [3.63, 3.8) is 0 Å². The Hall–Kier alpha value is -1.97. The fraction of sp³-hybridized carbons (Fsp3) is 0.0833. The van der Waals surface area contributed by atoms with Crippen molar-refractivity contribution in [3.8, 4) is 11.5 Å². The summed E-state index contributed by atoms with van der Waals surface area (Å²) in [7, 11) is 1.61. The summed E-state index contributed by atoms with van der Waals surface area (Å²) < 4.78 is 12.6. The van der Waals surface area contributed by atoms with E-state index >= 15 is 0 Å². The number of carbonyl (C=O) groups is 1. The standard InChI is InChI=1S/C24H16Br2Cl2N2O3S/c1-32-17-6-4-16(5-7-17)29-24-30-23(31)21(34-24)10-13-8-18(25)22(19(26)9-13)33-12-14-2-3-15(27)11-20(14)28/h2-11H,12H2,1H3,(H,29,30,31)/b21-10+.